The number of rotatable bonds is 9. The molecule has 0 heterocycles. The Hall–Kier alpha value is -3.06. The van der Waals surface area contributed by atoms with Gasteiger partial charge in [0.1, 0.15) is 17.1 Å². The molecule has 2 aromatic carbocycles. The van der Waals surface area contributed by atoms with Gasteiger partial charge in [-0.05, 0) is 36.4 Å². The molecule has 2 rings (SSSR count). The zero-order valence-electron chi connectivity index (χ0n) is 16.7. The van der Waals surface area contributed by atoms with E-state index in [1.165, 1.54) is 14.2 Å². The first-order valence-electron chi connectivity index (χ1n) is 9.10. The first-order chi connectivity index (χ1) is 13.4. The normalized spacial score (nSPS) is 10.5. The third kappa shape index (κ3) is 5.99. The van der Waals surface area contributed by atoms with Gasteiger partial charge in [0.15, 0.2) is 0 Å². The second kappa shape index (κ2) is 10.3. The summed E-state index contributed by atoms with van der Waals surface area (Å²) in [6, 6.07) is 12.4. The molecule has 0 aliphatic rings. The molecule has 0 fully saturated rings. The van der Waals surface area contributed by atoms with Gasteiger partial charge in [-0.1, -0.05) is 19.9 Å². The highest BCUT2D eigenvalue weighted by atomic mass is 16.5. The van der Waals surface area contributed by atoms with Gasteiger partial charge in [-0.2, -0.15) is 0 Å². The zero-order valence-corrected chi connectivity index (χ0v) is 16.7. The van der Waals surface area contributed by atoms with Gasteiger partial charge in [0, 0.05) is 30.4 Å². The van der Waals surface area contributed by atoms with Crippen LogP contribution >= 0.6 is 0 Å². The van der Waals surface area contributed by atoms with Crippen molar-refractivity contribution in [3.05, 3.63) is 48.0 Å². The van der Waals surface area contributed by atoms with Crippen LogP contribution < -0.4 is 25.4 Å². The number of methoxy groups -OCH3 is 2. The number of carbonyl (C=O) groups excluding carboxylic acids is 2. The SMILES string of the molecule is COc1cccc(OC)c1C(=O)Nc1ccc(NC(=O)CCNC(C)C)cc1. The van der Waals surface area contributed by atoms with Gasteiger partial charge in [-0.15, -0.1) is 0 Å². The number of nitrogens with one attached hydrogen (secondary N) is 3. The Bertz CT molecular complexity index is 782. The van der Waals surface area contributed by atoms with E-state index in [1.807, 2.05) is 13.8 Å². The fraction of sp³-hybridized carbons (Fsp3) is 0.333. The molecule has 0 saturated carbocycles. The highest BCUT2D eigenvalue weighted by Crippen LogP contribution is 2.29. The second-order valence-electron chi connectivity index (χ2n) is 6.48. The van der Waals surface area contributed by atoms with Crippen molar-refractivity contribution in [2.45, 2.75) is 26.3 Å². The molecule has 28 heavy (non-hydrogen) atoms. The zero-order chi connectivity index (χ0) is 20.5. The molecule has 3 N–H and O–H groups in total. The van der Waals surface area contributed by atoms with E-state index in [9.17, 15) is 9.59 Å². The van der Waals surface area contributed by atoms with Crippen LogP contribution in [0.15, 0.2) is 42.5 Å². The molecule has 7 heteroatoms. The molecule has 0 unspecified atom stereocenters. The van der Waals surface area contributed by atoms with E-state index in [1.54, 1.807) is 42.5 Å². The first kappa shape index (κ1) is 21.2. The van der Waals surface area contributed by atoms with Crippen LogP contribution in [0.2, 0.25) is 0 Å². The Kier molecular flexibility index (Phi) is 7.83. The average Bonchev–Trinajstić information content (AvgIpc) is 2.68. The van der Waals surface area contributed by atoms with Gasteiger partial charge in [-0.3, -0.25) is 9.59 Å². The fourth-order valence-electron chi connectivity index (χ4n) is 2.60. The van der Waals surface area contributed by atoms with Crippen LogP contribution in [0.25, 0.3) is 0 Å². The lowest BCUT2D eigenvalue weighted by Crippen LogP contribution is -2.27. The van der Waals surface area contributed by atoms with Gasteiger partial charge in [0.25, 0.3) is 5.91 Å². The van der Waals surface area contributed by atoms with Gasteiger partial charge < -0.3 is 25.4 Å². The number of anilines is 2. The number of amides is 2. The number of ether oxygens (including phenoxy) is 2. The molecule has 0 atom stereocenters. The van der Waals surface area contributed by atoms with Crippen molar-refractivity contribution in [1.82, 2.24) is 5.32 Å². The number of carbonyl (C=O) groups is 2. The van der Waals surface area contributed by atoms with Crippen molar-refractivity contribution >= 4 is 23.2 Å². The second-order valence-corrected chi connectivity index (χ2v) is 6.48. The van der Waals surface area contributed by atoms with Crippen molar-refractivity contribution in [3.63, 3.8) is 0 Å². The summed E-state index contributed by atoms with van der Waals surface area (Å²) in [5, 5.41) is 8.84. The standard InChI is InChI=1S/C21H27N3O4/c1-14(2)22-13-12-19(25)23-15-8-10-16(11-9-15)24-21(26)20-17(27-3)6-5-7-18(20)28-4/h5-11,14,22H,12-13H2,1-4H3,(H,23,25)(H,24,26). The minimum atomic E-state index is -0.342. The number of hydrogen-bond donors (Lipinski definition) is 3. The van der Waals surface area contributed by atoms with E-state index >= 15 is 0 Å². The lowest BCUT2D eigenvalue weighted by Gasteiger charge is -2.13. The molecule has 150 valence electrons. The molecule has 0 aliphatic carbocycles. The summed E-state index contributed by atoms with van der Waals surface area (Å²) in [6.07, 6.45) is 0.393. The topological polar surface area (TPSA) is 88.7 Å². The summed E-state index contributed by atoms with van der Waals surface area (Å²) in [7, 11) is 3.00. The Labute approximate surface area is 165 Å². The van der Waals surface area contributed by atoms with E-state index in [0.29, 0.717) is 47.4 Å². The van der Waals surface area contributed by atoms with E-state index in [4.69, 9.17) is 9.47 Å². The molecular formula is C21H27N3O4. The van der Waals surface area contributed by atoms with E-state index in [0.717, 1.165) is 0 Å². The molecule has 0 bridgehead atoms. The van der Waals surface area contributed by atoms with Crippen molar-refractivity contribution in [3.8, 4) is 11.5 Å². The van der Waals surface area contributed by atoms with Crippen LogP contribution in [-0.4, -0.2) is 38.6 Å². The third-order valence-corrected chi connectivity index (χ3v) is 3.99. The molecule has 2 amide bonds. The van der Waals surface area contributed by atoms with E-state index in [-0.39, 0.29) is 11.8 Å². The monoisotopic (exact) mass is 385 g/mol. The minimum Gasteiger partial charge on any atom is -0.496 e. The van der Waals surface area contributed by atoms with E-state index in [2.05, 4.69) is 16.0 Å². The minimum absolute atomic E-state index is 0.0660. The lowest BCUT2D eigenvalue weighted by molar-refractivity contribution is -0.116. The fourth-order valence-corrected chi connectivity index (χ4v) is 2.60. The number of benzene rings is 2. The molecule has 0 saturated heterocycles. The summed E-state index contributed by atoms with van der Waals surface area (Å²) in [5.74, 6) is 0.445. The smallest absolute Gasteiger partial charge is 0.263 e. The summed E-state index contributed by atoms with van der Waals surface area (Å²) >= 11 is 0. The largest absolute Gasteiger partial charge is 0.496 e. The third-order valence-electron chi connectivity index (χ3n) is 3.99. The Morgan fingerprint density at radius 1 is 0.893 bits per heavy atom. The van der Waals surface area contributed by atoms with Crippen LogP contribution in [0.1, 0.15) is 30.6 Å². The van der Waals surface area contributed by atoms with Crippen LogP contribution in [0.5, 0.6) is 11.5 Å². The summed E-state index contributed by atoms with van der Waals surface area (Å²) in [4.78, 5) is 24.6. The molecule has 0 radical (unpaired) electrons. The predicted octanol–water partition coefficient (Wildman–Crippen LogP) is 3.28. The molecule has 0 aliphatic heterocycles. The van der Waals surface area contributed by atoms with Gasteiger partial charge in [0.05, 0.1) is 14.2 Å². The van der Waals surface area contributed by atoms with Crippen LogP contribution in [0, 0.1) is 0 Å². The van der Waals surface area contributed by atoms with Crippen molar-refractivity contribution in [2.75, 3.05) is 31.4 Å². The summed E-state index contributed by atoms with van der Waals surface area (Å²) in [5.41, 5.74) is 1.59. The maximum atomic E-state index is 12.7. The maximum absolute atomic E-state index is 12.7. The Balaban J connectivity index is 1.99. The molecule has 2 aromatic rings. The summed E-state index contributed by atoms with van der Waals surface area (Å²) < 4.78 is 10.5. The number of hydrogen-bond acceptors (Lipinski definition) is 5. The van der Waals surface area contributed by atoms with Crippen LogP contribution in [0.3, 0.4) is 0 Å². The predicted molar refractivity (Wildman–Crippen MR) is 110 cm³/mol. The van der Waals surface area contributed by atoms with Crippen LogP contribution in [0.4, 0.5) is 11.4 Å². The maximum Gasteiger partial charge on any atom is 0.263 e. The lowest BCUT2D eigenvalue weighted by atomic mass is 10.1. The van der Waals surface area contributed by atoms with Gasteiger partial charge in [-0.25, -0.2) is 0 Å². The Morgan fingerprint density at radius 3 is 1.93 bits per heavy atom. The molecule has 0 aromatic heterocycles. The van der Waals surface area contributed by atoms with Crippen molar-refractivity contribution < 1.29 is 19.1 Å². The Morgan fingerprint density at radius 2 is 1.43 bits per heavy atom. The highest BCUT2D eigenvalue weighted by Gasteiger charge is 2.18. The first-order valence-corrected chi connectivity index (χ1v) is 9.10. The van der Waals surface area contributed by atoms with Crippen LogP contribution in [-0.2, 0) is 4.79 Å². The van der Waals surface area contributed by atoms with Crippen molar-refractivity contribution in [2.24, 2.45) is 0 Å². The average molecular weight is 385 g/mol. The molecule has 7 nitrogen and oxygen atoms in total. The van der Waals surface area contributed by atoms with Gasteiger partial charge >= 0.3 is 0 Å². The quantitative estimate of drug-likeness (QED) is 0.616. The van der Waals surface area contributed by atoms with Gasteiger partial charge in [0.2, 0.25) is 5.91 Å². The van der Waals surface area contributed by atoms with Crippen molar-refractivity contribution in [1.29, 1.82) is 0 Å². The molecule has 0 spiro atoms. The highest BCUT2D eigenvalue weighted by molar-refractivity contribution is 6.08. The molecular weight excluding hydrogens is 358 g/mol. The van der Waals surface area contributed by atoms with E-state index < -0.39 is 0 Å². The summed E-state index contributed by atoms with van der Waals surface area (Å²) in [6.45, 7) is 4.69.